The molecular weight excluding hydrogens is 394 g/mol. The smallest absolute Gasteiger partial charge is 0.337 e. The number of carbonyl (C=O) groups is 3. The standard InChI is InChI=1S/C24H29N3O4/c1-31-24(30)17-4-2-16(3-5-17)15-26-10-8-25(9-11-26)12-13-27-22(28)20-18-6-7-19(14-18)21(20)23(27)29/h2-7,18-21H,8-15H2,1H3. The average molecular weight is 424 g/mol. The minimum absolute atomic E-state index is 0.0564. The number of benzene rings is 1. The van der Waals surface area contributed by atoms with Gasteiger partial charge in [-0.05, 0) is 36.0 Å². The van der Waals surface area contributed by atoms with Crippen LogP contribution >= 0.6 is 0 Å². The van der Waals surface area contributed by atoms with Gasteiger partial charge in [0.2, 0.25) is 11.8 Å². The van der Waals surface area contributed by atoms with E-state index >= 15 is 0 Å². The van der Waals surface area contributed by atoms with Crippen molar-refractivity contribution in [1.82, 2.24) is 14.7 Å². The fourth-order valence-corrected chi connectivity index (χ4v) is 5.72. The number of amides is 2. The highest BCUT2D eigenvalue weighted by atomic mass is 16.5. The first-order chi connectivity index (χ1) is 15.0. The van der Waals surface area contributed by atoms with Crippen molar-refractivity contribution in [3.05, 3.63) is 47.5 Å². The molecule has 4 aliphatic rings. The largest absolute Gasteiger partial charge is 0.465 e. The Labute approximate surface area is 182 Å². The number of imide groups is 1. The van der Waals surface area contributed by atoms with E-state index < -0.39 is 0 Å². The normalized spacial score (nSPS) is 30.3. The van der Waals surface area contributed by atoms with Gasteiger partial charge in [-0.2, -0.15) is 0 Å². The second kappa shape index (κ2) is 8.20. The molecule has 3 fully saturated rings. The Kier molecular flexibility index (Phi) is 5.40. The number of nitrogens with zero attached hydrogens (tertiary/aromatic N) is 3. The van der Waals surface area contributed by atoms with Gasteiger partial charge in [-0.25, -0.2) is 4.79 Å². The SMILES string of the molecule is COC(=O)c1ccc(CN2CCN(CCN3C(=O)C4C5C=CC(C5)C4C3=O)CC2)cc1. The van der Waals surface area contributed by atoms with Gasteiger partial charge in [-0.1, -0.05) is 24.3 Å². The van der Waals surface area contributed by atoms with Crippen molar-refractivity contribution in [2.24, 2.45) is 23.7 Å². The molecule has 1 aromatic rings. The molecule has 2 heterocycles. The number of carbonyl (C=O) groups excluding carboxylic acids is 3. The van der Waals surface area contributed by atoms with Crippen LogP contribution in [0.25, 0.3) is 0 Å². The number of methoxy groups -OCH3 is 1. The van der Waals surface area contributed by atoms with Crippen molar-refractivity contribution in [1.29, 1.82) is 0 Å². The molecule has 5 rings (SSSR count). The van der Waals surface area contributed by atoms with Gasteiger partial charge in [-0.15, -0.1) is 0 Å². The topological polar surface area (TPSA) is 70.2 Å². The number of piperazine rings is 1. The molecule has 0 spiro atoms. The van der Waals surface area contributed by atoms with Gasteiger partial charge in [0.05, 0.1) is 24.5 Å². The lowest BCUT2D eigenvalue weighted by molar-refractivity contribution is -0.141. The molecule has 0 N–H and O–H groups in total. The molecule has 164 valence electrons. The molecule has 4 atom stereocenters. The van der Waals surface area contributed by atoms with E-state index in [4.69, 9.17) is 4.74 Å². The van der Waals surface area contributed by atoms with Crippen LogP contribution in [0, 0.1) is 23.7 Å². The number of allylic oxidation sites excluding steroid dienone is 2. The predicted molar refractivity (Wildman–Crippen MR) is 114 cm³/mol. The van der Waals surface area contributed by atoms with E-state index in [0.717, 1.165) is 45.7 Å². The predicted octanol–water partition coefficient (Wildman–Crippen LogP) is 1.40. The van der Waals surface area contributed by atoms with Crippen molar-refractivity contribution in [3.63, 3.8) is 0 Å². The van der Waals surface area contributed by atoms with Gasteiger partial charge < -0.3 is 4.74 Å². The lowest BCUT2D eigenvalue weighted by atomic mass is 9.85. The Morgan fingerprint density at radius 3 is 2.06 bits per heavy atom. The third kappa shape index (κ3) is 3.70. The van der Waals surface area contributed by atoms with Crippen LogP contribution in [0.4, 0.5) is 0 Å². The minimum atomic E-state index is -0.317. The molecule has 2 saturated heterocycles. The molecular formula is C24H29N3O4. The van der Waals surface area contributed by atoms with E-state index in [2.05, 4.69) is 22.0 Å². The first kappa shape index (κ1) is 20.4. The Hall–Kier alpha value is -2.51. The number of ether oxygens (including phenoxy) is 1. The molecule has 0 radical (unpaired) electrons. The summed E-state index contributed by atoms with van der Waals surface area (Å²) in [6, 6.07) is 7.56. The van der Waals surface area contributed by atoms with E-state index in [1.165, 1.54) is 17.6 Å². The quantitative estimate of drug-likeness (QED) is 0.391. The maximum absolute atomic E-state index is 12.8. The van der Waals surface area contributed by atoms with E-state index in [0.29, 0.717) is 12.1 Å². The van der Waals surface area contributed by atoms with Crippen LogP contribution in [0.1, 0.15) is 22.3 Å². The zero-order valence-electron chi connectivity index (χ0n) is 17.9. The summed E-state index contributed by atoms with van der Waals surface area (Å²) in [6.07, 6.45) is 5.26. The van der Waals surface area contributed by atoms with E-state index in [9.17, 15) is 14.4 Å². The number of hydrogen-bond donors (Lipinski definition) is 0. The van der Waals surface area contributed by atoms with Crippen molar-refractivity contribution >= 4 is 17.8 Å². The van der Waals surface area contributed by atoms with Gasteiger partial charge in [0.1, 0.15) is 0 Å². The zero-order valence-corrected chi connectivity index (χ0v) is 17.9. The summed E-state index contributed by atoms with van der Waals surface area (Å²) in [5.41, 5.74) is 1.74. The summed E-state index contributed by atoms with van der Waals surface area (Å²) >= 11 is 0. The highest BCUT2D eigenvalue weighted by molar-refractivity contribution is 6.06. The van der Waals surface area contributed by atoms with Gasteiger partial charge in [0.15, 0.2) is 0 Å². The van der Waals surface area contributed by atoms with Gasteiger partial charge in [0, 0.05) is 45.8 Å². The maximum atomic E-state index is 12.8. The molecule has 1 aromatic carbocycles. The van der Waals surface area contributed by atoms with Crippen LogP contribution in [0.2, 0.25) is 0 Å². The third-order valence-corrected chi connectivity index (χ3v) is 7.45. The first-order valence-corrected chi connectivity index (χ1v) is 11.2. The Morgan fingerprint density at radius 1 is 0.903 bits per heavy atom. The number of rotatable bonds is 6. The number of hydrogen-bond acceptors (Lipinski definition) is 6. The van der Waals surface area contributed by atoms with Crippen LogP contribution in [0.15, 0.2) is 36.4 Å². The van der Waals surface area contributed by atoms with E-state index in [1.54, 1.807) is 12.1 Å². The Morgan fingerprint density at radius 2 is 1.48 bits per heavy atom. The molecule has 2 aliphatic heterocycles. The van der Waals surface area contributed by atoms with Crippen LogP contribution < -0.4 is 0 Å². The highest BCUT2D eigenvalue weighted by Gasteiger charge is 2.59. The fourth-order valence-electron chi connectivity index (χ4n) is 5.72. The molecule has 4 unspecified atom stereocenters. The summed E-state index contributed by atoms with van der Waals surface area (Å²) in [4.78, 5) is 43.5. The molecule has 2 bridgehead atoms. The first-order valence-electron chi connectivity index (χ1n) is 11.2. The Bertz CT molecular complexity index is 874. The van der Waals surface area contributed by atoms with Gasteiger partial charge >= 0.3 is 5.97 Å². The molecule has 31 heavy (non-hydrogen) atoms. The van der Waals surface area contributed by atoms with Crippen LogP contribution in [-0.2, 0) is 20.9 Å². The molecule has 2 aliphatic carbocycles. The zero-order chi connectivity index (χ0) is 21.5. The van der Waals surface area contributed by atoms with Crippen molar-refractivity contribution in [2.75, 3.05) is 46.4 Å². The molecule has 7 nitrogen and oxygen atoms in total. The monoisotopic (exact) mass is 423 g/mol. The lowest BCUT2D eigenvalue weighted by Gasteiger charge is -2.35. The summed E-state index contributed by atoms with van der Waals surface area (Å²) in [5.74, 6) is 0.169. The highest BCUT2D eigenvalue weighted by Crippen LogP contribution is 2.52. The summed E-state index contributed by atoms with van der Waals surface area (Å²) in [6.45, 7) is 5.85. The van der Waals surface area contributed by atoms with Crippen molar-refractivity contribution in [2.45, 2.75) is 13.0 Å². The summed E-state index contributed by atoms with van der Waals surface area (Å²) in [5, 5.41) is 0. The summed E-state index contributed by atoms with van der Waals surface area (Å²) in [7, 11) is 1.39. The van der Waals surface area contributed by atoms with Gasteiger partial charge in [0.25, 0.3) is 0 Å². The fraction of sp³-hybridized carbons (Fsp3) is 0.542. The number of fused-ring (bicyclic) bond motifs is 5. The molecule has 1 saturated carbocycles. The molecule has 2 amide bonds. The van der Waals surface area contributed by atoms with Crippen LogP contribution in [0.5, 0.6) is 0 Å². The second-order valence-electron chi connectivity index (χ2n) is 9.13. The number of esters is 1. The number of likely N-dealkylation sites (tertiary alicyclic amines) is 1. The van der Waals surface area contributed by atoms with Gasteiger partial charge in [-0.3, -0.25) is 24.3 Å². The van der Waals surface area contributed by atoms with Crippen LogP contribution in [-0.4, -0.2) is 78.9 Å². The van der Waals surface area contributed by atoms with Crippen molar-refractivity contribution in [3.8, 4) is 0 Å². The second-order valence-corrected chi connectivity index (χ2v) is 9.13. The molecule has 0 aromatic heterocycles. The van der Waals surface area contributed by atoms with E-state index in [1.807, 2.05) is 12.1 Å². The average Bonchev–Trinajstić information content (AvgIpc) is 3.48. The Balaban J connectivity index is 1.08. The maximum Gasteiger partial charge on any atom is 0.337 e. The van der Waals surface area contributed by atoms with Crippen LogP contribution in [0.3, 0.4) is 0 Å². The summed E-state index contributed by atoms with van der Waals surface area (Å²) < 4.78 is 4.74. The third-order valence-electron chi connectivity index (χ3n) is 7.45. The minimum Gasteiger partial charge on any atom is -0.465 e. The van der Waals surface area contributed by atoms with E-state index in [-0.39, 0.29) is 41.5 Å². The molecule has 7 heteroatoms. The van der Waals surface area contributed by atoms with Crippen molar-refractivity contribution < 1.29 is 19.1 Å². The lowest BCUT2D eigenvalue weighted by Crippen LogP contribution is -2.48.